The highest BCUT2D eigenvalue weighted by Gasteiger charge is 2.17. The van der Waals surface area contributed by atoms with E-state index in [2.05, 4.69) is 36.3 Å². The largest absolute Gasteiger partial charge is 0.301 e. The van der Waals surface area contributed by atoms with E-state index in [4.69, 9.17) is 0 Å². The summed E-state index contributed by atoms with van der Waals surface area (Å²) in [6, 6.07) is 0. The average molecular weight is 188 g/mol. The minimum Gasteiger partial charge on any atom is -0.301 e. The van der Waals surface area contributed by atoms with Gasteiger partial charge in [0.2, 0.25) is 0 Å². The van der Waals surface area contributed by atoms with Gasteiger partial charge in [-0.05, 0) is 19.9 Å². The lowest BCUT2D eigenvalue weighted by Gasteiger charge is -2.36. The number of rotatable bonds is 3. The van der Waals surface area contributed by atoms with Crippen LogP contribution in [-0.4, -0.2) is 47.9 Å². The first-order valence-corrected chi connectivity index (χ1v) is 5.40. The minimum atomic E-state index is 0.425. The van der Waals surface area contributed by atoms with E-state index in [1.165, 1.54) is 39.1 Å². The standard InChI is InChI=1S/C9H20N2S/c1-3-4-10-5-7-11(8-6-10)9(2)12/h9,12H,3-8H2,1-2H3. The number of hydrogen-bond donors (Lipinski definition) is 1. The zero-order valence-corrected chi connectivity index (χ0v) is 9.06. The smallest absolute Gasteiger partial charge is 0.0500 e. The Morgan fingerprint density at radius 2 is 1.83 bits per heavy atom. The van der Waals surface area contributed by atoms with Crippen molar-refractivity contribution in [3.8, 4) is 0 Å². The average Bonchev–Trinajstić information content (AvgIpc) is 2.06. The lowest BCUT2D eigenvalue weighted by Crippen LogP contribution is -2.48. The Hall–Kier alpha value is 0.270. The molecule has 12 heavy (non-hydrogen) atoms. The molecule has 1 heterocycles. The van der Waals surface area contributed by atoms with Crippen molar-refractivity contribution in [3.63, 3.8) is 0 Å². The van der Waals surface area contributed by atoms with Crippen LogP contribution in [0.15, 0.2) is 0 Å². The van der Waals surface area contributed by atoms with Crippen LogP contribution in [0.1, 0.15) is 20.3 Å². The fourth-order valence-electron chi connectivity index (χ4n) is 1.68. The maximum atomic E-state index is 4.43. The number of hydrogen-bond acceptors (Lipinski definition) is 3. The summed E-state index contributed by atoms with van der Waals surface area (Å²) in [6.45, 7) is 10.5. The first kappa shape index (κ1) is 10.4. The third-order valence-corrected chi connectivity index (χ3v) is 2.80. The number of thiol groups is 1. The fraction of sp³-hybridized carbons (Fsp3) is 1.00. The molecule has 1 saturated heterocycles. The van der Waals surface area contributed by atoms with E-state index in [1.54, 1.807) is 0 Å². The van der Waals surface area contributed by atoms with Gasteiger partial charge in [-0.1, -0.05) is 6.92 Å². The molecular weight excluding hydrogens is 168 g/mol. The van der Waals surface area contributed by atoms with Crippen molar-refractivity contribution >= 4 is 12.6 Å². The van der Waals surface area contributed by atoms with Gasteiger partial charge in [0.15, 0.2) is 0 Å². The number of piperazine rings is 1. The van der Waals surface area contributed by atoms with Gasteiger partial charge in [-0.2, -0.15) is 12.6 Å². The van der Waals surface area contributed by atoms with Crippen LogP contribution in [0.5, 0.6) is 0 Å². The third kappa shape index (κ3) is 2.96. The summed E-state index contributed by atoms with van der Waals surface area (Å²) in [6.07, 6.45) is 1.27. The van der Waals surface area contributed by atoms with Crippen LogP contribution in [0, 0.1) is 0 Å². The van der Waals surface area contributed by atoms with Crippen molar-refractivity contribution in [2.75, 3.05) is 32.7 Å². The van der Waals surface area contributed by atoms with Crippen LogP contribution in [-0.2, 0) is 0 Å². The summed E-state index contributed by atoms with van der Waals surface area (Å²) < 4.78 is 0. The molecule has 0 radical (unpaired) electrons. The Balaban J connectivity index is 2.20. The summed E-state index contributed by atoms with van der Waals surface area (Å²) >= 11 is 4.43. The molecule has 1 rings (SSSR count). The molecule has 1 aliphatic rings. The Bertz CT molecular complexity index is 120. The third-order valence-electron chi connectivity index (χ3n) is 2.48. The van der Waals surface area contributed by atoms with Crippen LogP contribution in [0.4, 0.5) is 0 Å². The molecule has 0 aromatic carbocycles. The molecule has 0 amide bonds. The lowest BCUT2D eigenvalue weighted by molar-refractivity contribution is 0.129. The van der Waals surface area contributed by atoms with E-state index in [1.807, 2.05) is 0 Å². The van der Waals surface area contributed by atoms with Crippen molar-refractivity contribution in [2.24, 2.45) is 0 Å². The minimum absolute atomic E-state index is 0.425. The molecule has 72 valence electrons. The van der Waals surface area contributed by atoms with E-state index in [9.17, 15) is 0 Å². The molecule has 0 bridgehead atoms. The van der Waals surface area contributed by atoms with Gasteiger partial charge in [-0.25, -0.2) is 0 Å². The van der Waals surface area contributed by atoms with E-state index >= 15 is 0 Å². The molecule has 0 aliphatic carbocycles. The Morgan fingerprint density at radius 3 is 2.25 bits per heavy atom. The molecule has 1 atom stereocenters. The second-order valence-electron chi connectivity index (χ2n) is 3.51. The zero-order chi connectivity index (χ0) is 8.97. The summed E-state index contributed by atoms with van der Waals surface area (Å²) in [4.78, 5) is 4.96. The Morgan fingerprint density at radius 1 is 1.25 bits per heavy atom. The lowest BCUT2D eigenvalue weighted by atomic mass is 10.3. The van der Waals surface area contributed by atoms with Crippen LogP contribution >= 0.6 is 12.6 Å². The highest BCUT2D eigenvalue weighted by molar-refractivity contribution is 7.80. The summed E-state index contributed by atoms with van der Waals surface area (Å²) in [5, 5.41) is 0.425. The molecule has 3 heteroatoms. The van der Waals surface area contributed by atoms with Gasteiger partial charge < -0.3 is 4.90 Å². The molecule has 0 aromatic heterocycles. The van der Waals surface area contributed by atoms with Crippen molar-refractivity contribution in [1.29, 1.82) is 0 Å². The summed E-state index contributed by atoms with van der Waals surface area (Å²) in [5.41, 5.74) is 0. The van der Waals surface area contributed by atoms with E-state index in [0.29, 0.717) is 5.37 Å². The first-order valence-electron chi connectivity index (χ1n) is 4.88. The van der Waals surface area contributed by atoms with E-state index < -0.39 is 0 Å². The molecule has 1 fully saturated rings. The van der Waals surface area contributed by atoms with Gasteiger partial charge in [0.25, 0.3) is 0 Å². The summed E-state index contributed by atoms with van der Waals surface area (Å²) in [7, 11) is 0. The zero-order valence-electron chi connectivity index (χ0n) is 8.16. The highest BCUT2D eigenvalue weighted by atomic mass is 32.1. The maximum absolute atomic E-state index is 4.43. The van der Waals surface area contributed by atoms with Crippen molar-refractivity contribution in [3.05, 3.63) is 0 Å². The predicted molar refractivity (Wildman–Crippen MR) is 56.8 cm³/mol. The van der Waals surface area contributed by atoms with Crippen molar-refractivity contribution in [2.45, 2.75) is 25.6 Å². The van der Waals surface area contributed by atoms with Gasteiger partial charge >= 0.3 is 0 Å². The van der Waals surface area contributed by atoms with E-state index in [-0.39, 0.29) is 0 Å². The van der Waals surface area contributed by atoms with Gasteiger partial charge in [0.05, 0.1) is 0 Å². The van der Waals surface area contributed by atoms with Crippen molar-refractivity contribution in [1.82, 2.24) is 9.80 Å². The Kier molecular flexibility index (Phi) is 4.40. The molecule has 1 aliphatic heterocycles. The molecule has 2 nitrogen and oxygen atoms in total. The number of nitrogens with zero attached hydrogens (tertiary/aromatic N) is 2. The molecule has 0 saturated carbocycles. The molecule has 1 unspecified atom stereocenters. The van der Waals surface area contributed by atoms with E-state index in [0.717, 1.165) is 0 Å². The van der Waals surface area contributed by atoms with Crippen LogP contribution < -0.4 is 0 Å². The van der Waals surface area contributed by atoms with Crippen LogP contribution in [0.25, 0.3) is 0 Å². The summed E-state index contributed by atoms with van der Waals surface area (Å²) in [5.74, 6) is 0. The molecule has 0 spiro atoms. The second kappa shape index (κ2) is 5.10. The first-order chi connectivity index (χ1) is 5.74. The van der Waals surface area contributed by atoms with Crippen LogP contribution in [0.2, 0.25) is 0 Å². The van der Waals surface area contributed by atoms with Gasteiger partial charge in [0, 0.05) is 31.6 Å². The fourth-order valence-corrected chi connectivity index (χ4v) is 1.91. The van der Waals surface area contributed by atoms with Gasteiger partial charge in [-0.15, -0.1) is 0 Å². The normalized spacial score (nSPS) is 24.2. The SMILES string of the molecule is CCCN1CCN(C(C)S)CC1. The highest BCUT2D eigenvalue weighted by Crippen LogP contribution is 2.08. The van der Waals surface area contributed by atoms with Crippen molar-refractivity contribution < 1.29 is 0 Å². The monoisotopic (exact) mass is 188 g/mol. The van der Waals surface area contributed by atoms with Gasteiger partial charge in [0.1, 0.15) is 0 Å². The molecule has 0 aromatic rings. The predicted octanol–water partition coefficient (Wildman–Crippen LogP) is 1.29. The topological polar surface area (TPSA) is 6.48 Å². The quantitative estimate of drug-likeness (QED) is 0.667. The molecule has 0 N–H and O–H groups in total. The Labute approximate surface area is 81.3 Å². The maximum Gasteiger partial charge on any atom is 0.0500 e. The van der Waals surface area contributed by atoms with Gasteiger partial charge in [-0.3, -0.25) is 4.90 Å². The van der Waals surface area contributed by atoms with Crippen LogP contribution in [0.3, 0.4) is 0 Å². The molecular formula is C9H20N2S. The second-order valence-corrected chi connectivity index (χ2v) is 4.26.